The predicted molar refractivity (Wildman–Crippen MR) is 108 cm³/mol. The molecule has 1 unspecified atom stereocenters. The van der Waals surface area contributed by atoms with Gasteiger partial charge in [0.15, 0.2) is 0 Å². The van der Waals surface area contributed by atoms with Crippen molar-refractivity contribution in [3.63, 3.8) is 0 Å². The number of halogens is 1. The number of benzene rings is 3. The molecule has 3 aromatic rings. The number of aliphatic hydroxyl groups excluding tert-OH is 1. The van der Waals surface area contributed by atoms with Crippen LogP contribution in [0.2, 0.25) is 0 Å². The van der Waals surface area contributed by atoms with E-state index in [0.29, 0.717) is 6.42 Å². The summed E-state index contributed by atoms with van der Waals surface area (Å²) < 4.78 is 43.7. The smallest absolute Gasteiger partial charge is 0.124 e. The van der Waals surface area contributed by atoms with Crippen molar-refractivity contribution in [3.05, 3.63) is 90.2 Å². The van der Waals surface area contributed by atoms with Gasteiger partial charge in [0.1, 0.15) is 15.9 Å². The Labute approximate surface area is 169 Å². The van der Waals surface area contributed by atoms with Gasteiger partial charge in [-0.15, -0.1) is 0 Å². The first-order valence-electron chi connectivity index (χ1n) is 8.84. The van der Waals surface area contributed by atoms with Crippen molar-refractivity contribution >= 4 is 10.1 Å². The Morgan fingerprint density at radius 1 is 0.897 bits per heavy atom. The molecule has 5 nitrogen and oxygen atoms in total. The van der Waals surface area contributed by atoms with E-state index in [0.717, 1.165) is 16.7 Å². The Morgan fingerprint density at radius 3 is 1.79 bits per heavy atom. The minimum atomic E-state index is -4.25. The summed E-state index contributed by atoms with van der Waals surface area (Å²) in [6, 6.07) is 20.9. The van der Waals surface area contributed by atoms with Crippen molar-refractivity contribution in [3.8, 4) is 11.1 Å². The van der Waals surface area contributed by atoms with Crippen LogP contribution >= 0.6 is 0 Å². The highest BCUT2D eigenvalue weighted by molar-refractivity contribution is 7.85. The van der Waals surface area contributed by atoms with Crippen LogP contribution in [0.4, 0.5) is 4.39 Å². The fourth-order valence-corrected chi connectivity index (χ4v) is 3.10. The van der Waals surface area contributed by atoms with Crippen molar-refractivity contribution in [1.82, 2.24) is 0 Å². The van der Waals surface area contributed by atoms with Crippen molar-refractivity contribution < 1.29 is 27.6 Å². The van der Waals surface area contributed by atoms with Crippen LogP contribution in [0.5, 0.6) is 0 Å². The van der Waals surface area contributed by atoms with Gasteiger partial charge in [-0.1, -0.05) is 54.6 Å². The standard InChI is InChI=1S/C16H17FO2.C6H6O3S/c1-16(19,10-11-18)14-6-2-12(3-7-14)13-4-8-15(17)9-5-13;7-10(8,9)6-4-2-1-3-5-6/h2-9,18-19H,10-11H2,1H3;1-5H,(H,7,8,9)/p-1. The molecular weight excluding hydrogens is 395 g/mol. The highest BCUT2D eigenvalue weighted by Gasteiger charge is 2.21. The molecule has 3 rings (SSSR count). The van der Waals surface area contributed by atoms with Crippen LogP contribution < -0.4 is 0 Å². The maximum atomic E-state index is 12.9. The molecule has 7 heteroatoms. The van der Waals surface area contributed by atoms with Gasteiger partial charge in [-0.05, 0) is 47.9 Å². The van der Waals surface area contributed by atoms with Gasteiger partial charge in [0, 0.05) is 13.0 Å². The maximum Gasteiger partial charge on any atom is 0.124 e. The summed E-state index contributed by atoms with van der Waals surface area (Å²) in [4.78, 5) is -0.185. The van der Waals surface area contributed by atoms with E-state index in [4.69, 9.17) is 5.11 Å². The first kappa shape index (κ1) is 22.7. The first-order chi connectivity index (χ1) is 13.6. The zero-order valence-electron chi connectivity index (χ0n) is 15.8. The molecule has 0 spiro atoms. The van der Waals surface area contributed by atoms with Gasteiger partial charge in [-0.25, -0.2) is 12.8 Å². The molecule has 0 saturated heterocycles. The van der Waals surface area contributed by atoms with Crippen LogP contribution in [-0.4, -0.2) is 29.8 Å². The average Bonchev–Trinajstić information content (AvgIpc) is 2.69. The lowest BCUT2D eigenvalue weighted by molar-refractivity contribution is 0.0299. The minimum absolute atomic E-state index is 0.0628. The van der Waals surface area contributed by atoms with Gasteiger partial charge in [0.25, 0.3) is 0 Å². The summed E-state index contributed by atoms with van der Waals surface area (Å²) in [5.41, 5.74) is 1.61. The zero-order chi connectivity index (χ0) is 21.5. The summed E-state index contributed by atoms with van der Waals surface area (Å²) in [7, 11) is -4.25. The highest BCUT2D eigenvalue weighted by Crippen LogP contribution is 2.27. The number of hydrogen-bond donors (Lipinski definition) is 2. The molecule has 0 aliphatic carbocycles. The number of aliphatic hydroxyl groups is 2. The van der Waals surface area contributed by atoms with E-state index in [9.17, 15) is 22.5 Å². The van der Waals surface area contributed by atoms with Crippen molar-refractivity contribution in [2.75, 3.05) is 6.61 Å². The van der Waals surface area contributed by atoms with E-state index < -0.39 is 15.7 Å². The Hall–Kier alpha value is -2.58. The third-order valence-electron chi connectivity index (χ3n) is 4.31. The maximum absolute atomic E-state index is 12.9. The molecule has 0 bridgehead atoms. The predicted octanol–water partition coefficient (Wildman–Crippen LogP) is 3.67. The molecule has 0 aliphatic rings. The Kier molecular flexibility index (Phi) is 7.64. The largest absolute Gasteiger partial charge is 0.744 e. The molecule has 0 heterocycles. The molecule has 0 fully saturated rings. The monoisotopic (exact) mass is 417 g/mol. The van der Waals surface area contributed by atoms with Gasteiger partial charge < -0.3 is 14.8 Å². The van der Waals surface area contributed by atoms with Gasteiger partial charge in [0.05, 0.1) is 10.5 Å². The summed E-state index contributed by atoms with van der Waals surface area (Å²) in [6.45, 7) is 1.61. The molecule has 0 amide bonds. The van der Waals surface area contributed by atoms with Gasteiger partial charge in [0.2, 0.25) is 0 Å². The molecule has 1 atom stereocenters. The molecule has 2 N–H and O–H groups in total. The third-order valence-corrected chi connectivity index (χ3v) is 5.16. The molecule has 3 aromatic carbocycles. The van der Waals surface area contributed by atoms with E-state index in [2.05, 4.69) is 0 Å². The summed E-state index contributed by atoms with van der Waals surface area (Å²) in [6.07, 6.45) is 0.295. The lowest BCUT2D eigenvalue weighted by atomic mass is 9.91. The van der Waals surface area contributed by atoms with Crippen molar-refractivity contribution in [1.29, 1.82) is 0 Å². The lowest BCUT2D eigenvalue weighted by Gasteiger charge is -2.23. The molecule has 154 valence electrons. The van der Waals surface area contributed by atoms with Crippen LogP contribution in [0.25, 0.3) is 11.1 Å². The van der Waals surface area contributed by atoms with E-state index in [1.165, 1.54) is 36.4 Å². The quantitative estimate of drug-likeness (QED) is 0.617. The first-order valence-corrected chi connectivity index (χ1v) is 10.2. The molecule has 0 aliphatic heterocycles. The molecule has 0 radical (unpaired) electrons. The molecular formula is C22H22FO5S-. The van der Waals surface area contributed by atoms with Crippen LogP contribution in [0.15, 0.2) is 83.8 Å². The van der Waals surface area contributed by atoms with Gasteiger partial charge in [-0.2, -0.15) is 0 Å². The summed E-state index contributed by atoms with van der Waals surface area (Å²) >= 11 is 0. The lowest BCUT2D eigenvalue weighted by Crippen LogP contribution is -2.22. The topological polar surface area (TPSA) is 97.7 Å². The second-order valence-corrected chi connectivity index (χ2v) is 7.98. The Balaban J connectivity index is 0.000000253. The van der Waals surface area contributed by atoms with Gasteiger partial charge in [-0.3, -0.25) is 0 Å². The van der Waals surface area contributed by atoms with Crippen molar-refractivity contribution in [2.45, 2.75) is 23.8 Å². The van der Waals surface area contributed by atoms with E-state index >= 15 is 0 Å². The number of hydrogen-bond acceptors (Lipinski definition) is 5. The van der Waals surface area contributed by atoms with E-state index in [-0.39, 0.29) is 17.3 Å². The molecule has 0 aromatic heterocycles. The van der Waals surface area contributed by atoms with Crippen LogP contribution in [-0.2, 0) is 15.7 Å². The zero-order valence-corrected chi connectivity index (χ0v) is 16.6. The molecule has 0 saturated carbocycles. The average molecular weight is 417 g/mol. The highest BCUT2D eigenvalue weighted by atomic mass is 32.2. The fraction of sp³-hybridized carbons (Fsp3) is 0.182. The summed E-state index contributed by atoms with van der Waals surface area (Å²) in [5.74, 6) is -0.258. The summed E-state index contributed by atoms with van der Waals surface area (Å²) in [5, 5.41) is 19.1. The second-order valence-electron chi connectivity index (χ2n) is 6.60. The Bertz CT molecular complexity index is 999. The molecule has 29 heavy (non-hydrogen) atoms. The van der Waals surface area contributed by atoms with Crippen LogP contribution in [0, 0.1) is 5.82 Å². The van der Waals surface area contributed by atoms with Gasteiger partial charge >= 0.3 is 0 Å². The SMILES string of the molecule is CC(O)(CCO)c1ccc(-c2ccc(F)cc2)cc1.O=S(=O)([O-])c1ccccc1. The van der Waals surface area contributed by atoms with Crippen LogP contribution in [0.3, 0.4) is 0 Å². The second kappa shape index (κ2) is 9.76. The number of rotatable bonds is 5. The van der Waals surface area contributed by atoms with Crippen LogP contribution in [0.1, 0.15) is 18.9 Å². The third kappa shape index (κ3) is 6.76. The Morgan fingerprint density at radius 2 is 1.38 bits per heavy atom. The normalized spacial score (nSPS) is 13.1. The van der Waals surface area contributed by atoms with E-state index in [1.807, 2.05) is 24.3 Å². The minimum Gasteiger partial charge on any atom is -0.744 e. The van der Waals surface area contributed by atoms with Crippen molar-refractivity contribution in [2.24, 2.45) is 0 Å². The van der Waals surface area contributed by atoms with E-state index in [1.54, 1.807) is 25.1 Å². The fourth-order valence-electron chi connectivity index (χ4n) is 2.61.